The number of aliphatic hydroxyl groups excluding tert-OH is 1. The molecule has 0 saturated heterocycles. The second-order valence-electron chi connectivity index (χ2n) is 25.3. The Kier molecular flexibility index (Phi) is 22.7. The molecule has 8 unspecified atom stereocenters. The zero-order valence-electron chi connectivity index (χ0n) is 58.4. The Morgan fingerprint density at radius 3 is 1.85 bits per heavy atom. The Labute approximate surface area is 605 Å². The van der Waals surface area contributed by atoms with Crippen LogP contribution in [0.25, 0.3) is 11.1 Å². The molecule has 0 aromatic heterocycles. The van der Waals surface area contributed by atoms with Gasteiger partial charge in [-0.3, -0.25) is 38.9 Å². The molecule has 7 aromatic rings. The van der Waals surface area contributed by atoms with E-state index in [0.717, 1.165) is 6.07 Å². The minimum absolute atomic E-state index is 0.0124. The quantitative estimate of drug-likeness (QED) is 0.0207. The normalized spacial score (nSPS) is 20.0. The van der Waals surface area contributed by atoms with E-state index in [1.54, 1.807) is 32.9 Å². The van der Waals surface area contributed by atoms with Gasteiger partial charge in [-0.2, -0.15) is 0 Å². The molecule has 0 aliphatic carbocycles. The number of aliphatic hydroxyl groups is 1. The number of nitro benzene ring substituents is 1. The second kappa shape index (κ2) is 31.9. The number of amides is 7. The molecule has 105 heavy (non-hydrogen) atoms. The van der Waals surface area contributed by atoms with Gasteiger partial charge in [-0.1, -0.05) is 35.9 Å². The first kappa shape index (κ1) is 74.5. The summed E-state index contributed by atoms with van der Waals surface area (Å²) in [6.45, 7) is 4.61. The lowest BCUT2D eigenvalue weighted by molar-refractivity contribution is -0.385. The number of carbonyl (C=O) groups excluding carboxylic acids is 7. The van der Waals surface area contributed by atoms with Crippen molar-refractivity contribution >= 4 is 58.8 Å². The average molecular weight is 1470 g/mol. The molecule has 13 rings (SSSR count). The lowest BCUT2D eigenvalue weighted by atomic mass is 9.89. The monoisotopic (exact) mass is 1470 g/mol. The highest BCUT2D eigenvalue weighted by molar-refractivity contribution is 6.32. The Bertz CT molecular complexity index is 4550. The van der Waals surface area contributed by atoms with E-state index in [-0.39, 0.29) is 139 Å². The van der Waals surface area contributed by atoms with Crippen LogP contribution in [0, 0.1) is 10.1 Å². The van der Waals surface area contributed by atoms with Gasteiger partial charge in [0.25, 0.3) is 0 Å². The third-order valence-electron chi connectivity index (χ3n) is 17.3. The summed E-state index contributed by atoms with van der Waals surface area (Å²) in [6.07, 6.45) is -3.57. The molecular weight excluding hydrogens is 1390 g/mol. The number of alkyl carbamates (subject to hydrolysis) is 1. The van der Waals surface area contributed by atoms with Crippen LogP contribution in [0.15, 0.2) is 115 Å². The molecule has 8 N–H and O–H groups in total. The van der Waals surface area contributed by atoms with Crippen molar-refractivity contribution in [3.8, 4) is 80.1 Å². The van der Waals surface area contributed by atoms with Crippen LogP contribution in [0.4, 0.5) is 10.5 Å². The molecule has 552 valence electrons. The topological polar surface area (TPSA) is 387 Å². The number of hydrogen-bond acceptors (Lipinski definition) is 23. The molecule has 0 saturated carbocycles. The lowest BCUT2D eigenvalue weighted by Gasteiger charge is -2.32. The first-order chi connectivity index (χ1) is 50.3. The van der Waals surface area contributed by atoms with Gasteiger partial charge < -0.3 is 104 Å². The number of methoxy groups -OCH3 is 7. The highest BCUT2D eigenvalue weighted by Gasteiger charge is 2.42. The smallest absolute Gasteiger partial charge is 0.408 e. The predicted octanol–water partition coefficient (Wildman–Crippen LogP) is 8.18. The molecule has 7 aromatic carbocycles. The van der Waals surface area contributed by atoms with Crippen LogP contribution < -0.4 is 79.8 Å². The fourth-order valence-electron chi connectivity index (χ4n) is 12.3. The van der Waals surface area contributed by atoms with Gasteiger partial charge in [0.05, 0.1) is 78.5 Å². The van der Waals surface area contributed by atoms with Crippen LogP contribution in [0.1, 0.15) is 96.0 Å². The SMILES string of the molecule is COCCOCOCC1NC(=O)C2NC(=O)C(NC(=O)C3NC(=O)C4NC(=O)C(Cc5ccc(c([N+](=O)[O-])c5)Oc5cc3cc(c5OC)Oc3ccc(cc3Cl)C2O)NC(=O)C(NC(=O)OC(C)(C)C)c2ccc(OC)c(c2)Oc2cc(OC)cc4c2)c2ccc(OC)c(c2)-c2c(OC)cc(OC)cc21. The molecule has 6 aliphatic heterocycles. The van der Waals surface area contributed by atoms with E-state index in [4.69, 9.17) is 73.2 Å². The number of fused-ring (bicyclic) bond motifs is 14. The number of rotatable bonds is 15. The lowest BCUT2D eigenvalue weighted by Crippen LogP contribution is -2.55. The fraction of sp³-hybridized carbons (Fsp3) is 0.329. The van der Waals surface area contributed by atoms with Gasteiger partial charge in [-0.05, 0) is 133 Å². The summed E-state index contributed by atoms with van der Waals surface area (Å²) in [4.78, 5) is 121. The number of ether oxygens (including phenoxy) is 13. The van der Waals surface area contributed by atoms with Crippen LogP contribution >= 0.6 is 11.6 Å². The van der Waals surface area contributed by atoms with E-state index in [0.29, 0.717) is 5.56 Å². The van der Waals surface area contributed by atoms with Crippen LogP contribution in [-0.4, -0.2) is 146 Å². The van der Waals surface area contributed by atoms with Crippen LogP contribution in [0.5, 0.6) is 69.0 Å². The molecule has 8 atom stereocenters. The minimum Gasteiger partial charge on any atom is -0.497 e. The maximum atomic E-state index is 16.4. The number of nitrogens with one attached hydrogen (secondary N) is 7. The molecular formula is C73H75ClN8O23. The van der Waals surface area contributed by atoms with Crippen molar-refractivity contribution in [3.05, 3.63) is 169 Å². The first-order valence-electron chi connectivity index (χ1n) is 32.6. The van der Waals surface area contributed by atoms with Crippen molar-refractivity contribution in [2.45, 2.75) is 81.2 Å². The van der Waals surface area contributed by atoms with Crippen molar-refractivity contribution in [1.29, 1.82) is 0 Å². The average Bonchev–Trinajstić information content (AvgIpc) is 0.767. The molecule has 0 fully saturated rings. The molecule has 6 heterocycles. The molecule has 6 aliphatic rings. The maximum absolute atomic E-state index is 16.4. The third kappa shape index (κ3) is 16.6. The van der Waals surface area contributed by atoms with Crippen molar-refractivity contribution in [2.24, 2.45) is 0 Å². The zero-order valence-corrected chi connectivity index (χ0v) is 59.1. The number of nitrogens with zero attached hydrogens (tertiary/aromatic N) is 1. The van der Waals surface area contributed by atoms with E-state index in [9.17, 15) is 20.0 Å². The Balaban J connectivity index is 1.15. The van der Waals surface area contributed by atoms with E-state index < -0.39 is 118 Å². The van der Waals surface area contributed by atoms with Crippen molar-refractivity contribution in [3.63, 3.8) is 0 Å². The third-order valence-corrected chi connectivity index (χ3v) is 17.6. The number of carbonyl (C=O) groups is 7. The van der Waals surface area contributed by atoms with Gasteiger partial charge >= 0.3 is 11.8 Å². The molecule has 7 amide bonds. The summed E-state index contributed by atoms with van der Waals surface area (Å²) >= 11 is 7.09. The summed E-state index contributed by atoms with van der Waals surface area (Å²) in [6, 6.07) is 13.5. The summed E-state index contributed by atoms with van der Waals surface area (Å²) in [5, 5.41) is 45.0. The highest BCUT2D eigenvalue weighted by atomic mass is 35.5. The van der Waals surface area contributed by atoms with Crippen LogP contribution in [-0.2, 0) is 54.1 Å². The van der Waals surface area contributed by atoms with E-state index in [1.807, 2.05) is 0 Å². The molecule has 32 heteroatoms. The van der Waals surface area contributed by atoms with Gasteiger partial charge in [-0.25, -0.2) is 4.79 Å². The number of nitro groups is 1. The molecule has 17 bridgehead atoms. The van der Waals surface area contributed by atoms with E-state index in [2.05, 4.69) is 37.2 Å². The Morgan fingerprint density at radius 1 is 0.571 bits per heavy atom. The predicted molar refractivity (Wildman–Crippen MR) is 372 cm³/mol. The number of benzene rings is 7. The fourth-order valence-corrected chi connectivity index (χ4v) is 12.5. The van der Waals surface area contributed by atoms with Gasteiger partial charge in [0.15, 0.2) is 23.0 Å². The second-order valence-corrected chi connectivity index (χ2v) is 25.7. The minimum atomic E-state index is -2.12. The first-order valence-corrected chi connectivity index (χ1v) is 33.0. The van der Waals surface area contributed by atoms with Gasteiger partial charge in [0.1, 0.15) is 89.2 Å². The van der Waals surface area contributed by atoms with Gasteiger partial charge in [0, 0.05) is 42.9 Å². The maximum Gasteiger partial charge on any atom is 0.408 e. The largest absolute Gasteiger partial charge is 0.497 e. The standard InChI is InChI=1S/C73H75ClN8O23/c1-73(2,3)105-72(90)81-60-37-13-18-53(97-8)54(27-37)102-43-24-39(23-41(30-43)94-5)61-69(87)79-62-40-28-56(65(99-10)57(29-40)104-52-15-11-35(22-49(52)82(91)92)21-47(66(84)77-61)75-67(60)85)103-51-17-14-38(26-46(51)74)64(83)63-71(89)76-48(33-101-34-100-20-19-93-4)44-31-42(95-6)32-55(98-9)58(44)45-25-36(12-16-50(45)96-7)59(68(86)80-63)78-70(62)88/h11-18,22-32,47-48,59-64,83H,19-21,33-34H2,1-10H3,(H,75,85)(H,76,89)(H,77,84)(H,78,88)(H,79,87)(H,80,86)(H,81,90). The number of hydrogen-bond donors (Lipinski definition) is 8. The van der Waals surface area contributed by atoms with E-state index >= 15 is 28.8 Å². The summed E-state index contributed by atoms with van der Waals surface area (Å²) in [5.41, 5.74) is -1.24. The zero-order chi connectivity index (χ0) is 75.1. The van der Waals surface area contributed by atoms with E-state index in [1.165, 1.54) is 147 Å². The summed E-state index contributed by atoms with van der Waals surface area (Å²) in [7, 11) is 9.59. The summed E-state index contributed by atoms with van der Waals surface area (Å²) in [5.74, 6) is -7.59. The van der Waals surface area contributed by atoms with Crippen molar-refractivity contribution in [2.75, 3.05) is 76.4 Å². The van der Waals surface area contributed by atoms with Crippen molar-refractivity contribution in [1.82, 2.24) is 37.2 Å². The van der Waals surface area contributed by atoms with Gasteiger partial charge in [-0.15, -0.1) is 0 Å². The summed E-state index contributed by atoms with van der Waals surface area (Å²) < 4.78 is 77.2. The Morgan fingerprint density at radius 2 is 1.19 bits per heavy atom. The van der Waals surface area contributed by atoms with Crippen LogP contribution in [0.3, 0.4) is 0 Å². The van der Waals surface area contributed by atoms with Gasteiger partial charge in [0.2, 0.25) is 46.9 Å². The van der Waals surface area contributed by atoms with Crippen LogP contribution in [0.2, 0.25) is 5.02 Å². The molecule has 0 spiro atoms. The van der Waals surface area contributed by atoms with Crippen molar-refractivity contribution < 1.29 is 105 Å². The highest BCUT2D eigenvalue weighted by Crippen LogP contribution is 2.49. The molecule has 31 nitrogen and oxygen atoms in total. The Hall–Kier alpha value is -11.6. The number of halogens is 1. The molecule has 0 radical (unpaired) electrons.